The van der Waals surface area contributed by atoms with Gasteiger partial charge in [0.1, 0.15) is 5.82 Å². The lowest BCUT2D eigenvalue weighted by Crippen LogP contribution is -2.41. The van der Waals surface area contributed by atoms with E-state index in [0.29, 0.717) is 32.6 Å². The van der Waals surface area contributed by atoms with Crippen molar-refractivity contribution in [3.05, 3.63) is 46.4 Å². The van der Waals surface area contributed by atoms with E-state index in [-0.39, 0.29) is 17.6 Å². The molecule has 1 N–H and O–H groups in total. The van der Waals surface area contributed by atoms with Crippen molar-refractivity contribution >= 4 is 5.91 Å². The number of nitrogens with zero attached hydrogens (tertiary/aromatic N) is 5. The SMILES string of the molecule is CCCn1nc2n(c1=O)CCC(NC(=O)CN(C)Cc1cccnc1)CC2. The zero-order valence-electron chi connectivity index (χ0n) is 16.1. The summed E-state index contributed by atoms with van der Waals surface area (Å²) in [6.45, 7) is 4.31. The molecule has 3 heterocycles. The third-order valence-corrected chi connectivity index (χ3v) is 4.81. The summed E-state index contributed by atoms with van der Waals surface area (Å²) in [6.07, 6.45) is 6.71. The maximum atomic E-state index is 12.4. The molecule has 0 radical (unpaired) electrons. The van der Waals surface area contributed by atoms with Gasteiger partial charge in [0.15, 0.2) is 0 Å². The minimum absolute atomic E-state index is 0.00863. The second-order valence-electron chi connectivity index (χ2n) is 7.20. The van der Waals surface area contributed by atoms with Crippen molar-refractivity contribution in [2.75, 3.05) is 13.6 Å². The number of pyridine rings is 1. The predicted molar refractivity (Wildman–Crippen MR) is 102 cm³/mol. The fourth-order valence-electron chi connectivity index (χ4n) is 3.51. The Labute approximate surface area is 159 Å². The van der Waals surface area contributed by atoms with E-state index in [2.05, 4.69) is 15.4 Å². The topological polar surface area (TPSA) is 85.0 Å². The third kappa shape index (κ3) is 5.03. The molecule has 3 rings (SSSR count). The van der Waals surface area contributed by atoms with Crippen molar-refractivity contribution in [1.29, 1.82) is 0 Å². The minimum Gasteiger partial charge on any atom is -0.352 e. The van der Waals surface area contributed by atoms with Crippen molar-refractivity contribution in [3.8, 4) is 0 Å². The highest BCUT2D eigenvalue weighted by atomic mass is 16.2. The lowest BCUT2D eigenvalue weighted by atomic mass is 10.1. The average molecular weight is 372 g/mol. The number of likely N-dealkylation sites (N-methyl/N-ethyl adjacent to an activating group) is 1. The van der Waals surface area contributed by atoms with Gasteiger partial charge in [0, 0.05) is 44.5 Å². The monoisotopic (exact) mass is 372 g/mol. The molecular formula is C19H28N6O2. The molecule has 0 bridgehead atoms. The fraction of sp³-hybridized carbons (Fsp3) is 0.579. The molecule has 0 aliphatic carbocycles. The van der Waals surface area contributed by atoms with Crippen LogP contribution in [0.15, 0.2) is 29.3 Å². The highest BCUT2D eigenvalue weighted by molar-refractivity contribution is 5.78. The number of hydrogen-bond acceptors (Lipinski definition) is 5. The number of nitrogens with one attached hydrogen (secondary N) is 1. The first-order valence-corrected chi connectivity index (χ1v) is 9.60. The smallest absolute Gasteiger partial charge is 0.345 e. The van der Waals surface area contributed by atoms with E-state index in [0.717, 1.165) is 30.7 Å². The molecular weight excluding hydrogens is 344 g/mol. The summed E-state index contributed by atoms with van der Waals surface area (Å²) in [7, 11) is 1.92. The minimum atomic E-state index is -0.0324. The van der Waals surface area contributed by atoms with E-state index in [1.54, 1.807) is 15.4 Å². The maximum absolute atomic E-state index is 12.4. The van der Waals surface area contributed by atoms with Gasteiger partial charge >= 0.3 is 5.69 Å². The van der Waals surface area contributed by atoms with Crippen LogP contribution < -0.4 is 11.0 Å². The molecule has 0 saturated heterocycles. The van der Waals surface area contributed by atoms with Crippen LogP contribution >= 0.6 is 0 Å². The number of carbonyl (C=O) groups excluding carboxylic acids is 1. The Morgan fingerprint density at radius 3 is 3.00 bits per heavy atom. The fourth-order valence-corrected chi connectivity index (χ4v) is 3.51. The zero-order valence-corrected chi connectivity index (χ0v) is 16.1. The number of aromatic nitrogens is 4. The van der Waals surface area contributed by atoms with Gasteiger partial charge < -0.3 is 5.32 Å². The van der Waals surface area contributed by atoms with Crippen molar-refractivity contribution < 1.29 is 4.79 Å². The van der Waals surface area contributed by atoms with E-state index >= 15 is 0 Å². The molecule has 1 aliphatic heterocycles. The Hall–Kier alpha value is -2.48. The molecule has 0 aromatic carbocycles. The maximum Gasteiger partial charge on any atom is 0.345 e. The lowest BCUT2D eigenvalue weighted by molar-refractivity contribution is -0.122. The molecule has 1 atom stereocenters. The van der Waals surface area contributed by atoms with Crippen LogP contribution in [0, 0.1) is 0 Å². The van der Waals surface area contributed by atoms with Crippen molar-refractivity contribution in [2.24, 2.45) is 0 Å². The van der Waals surface area contributed by atoms with Gasteiger partial charge in [-0.3, -0.25) is 19.2 Å². The Morgan fingerprint density at radius 2 is 2.26 bits per heavy atom. The van der Waals surface area contributed by atoms with Crippen molar-refractivity contribution in [1.82, 2.24) is 29.5 Å². The molecule has 146 valence electrons. The van der Waals surface area contributed by atoms with Crippen LogP contribution in [0.1, 0.15) is 37.6 Å². The lowest BCUT2D eigenvalue weighted by Gasteiger charge is -2.20. The molecule has 1 unspecified atom stereocenters. The standard InChI is InChI=1S/C19H28N6O2/c1-3-10-25-19(27)24-11-8-16(6-7-17(24)22-25)21-18(26)14-23(2)13-15-5-4-9-20-12-15/h4-5,9,12,16H,3,6-8,10-11,13-14H2,1-2H3,(H,21,26). The van der Waals surface area contributed by atoms with Gasteiger partial charge in [0.2, 0.25) is 5.91 Å². The number of amides is 1. The van der Waals surface area contributed by atoms with Crippen molar-refractivity contribution in [2.45, 2.75) is 58.3 Å². The summed E-state index contributed by atoms with van der Waals surface area (Å²) in [5.41, 5.74) is 1.05. The zero-order chi connectivity index (χ0) is 19.2. The first kappa shape index (κ1) is 19.3. The van der Waals surface area contributed by atoms with Crippen LogP contribution in [0.5, 0.6) is 0 Å². The first-order valence-electron chi connectivity index (χ1n) is 9.60. The van der Waals surface area contributed by atoms with Gasteiger partial charge in [0.05, 0.1) is 6.54 Å². The van der Waals surface area contributed by atoms with Gasteiger partial charge in [-0.2, -0.15) is 5.10 Å². The van der Waals surface area contributed by atoms with Crippen LogP contribution in [-0.2, 0) is 30.8 Å². The van der Waals surface area contributed by atoms with E-state index in [1.165, 1.54) is 0 Å². The molecule has 8 nitrogen and oxygen atoms in total. The summed E-state index contributed by atoms with van der Waals surface area (Å²) in [5.74, 6) is 0.841. The second kappa shape index (κ2) is 8.94. The van der Waals surface area contributed by atoms with Crippen LogP contribution in [0.25, 0.3) is 0 Å². The summed E-state index contributed by atoms with van der Waals surface area (Å²) >= 11 is 0. The van der Waals surface area contributed by atoms with Gasteiger partial charge in [-0.1, -0.05) is 13.0 Å². The molecule has 8 heteroatoms. The Morgan fingerprint density at radius 1 is 1.41 bits per heavy atom. The predicted octanol–water partition coefficient (Wildman–Crippen LogP) is 0.803. The summed E-state index contributed by atoms with van der Waals surface area (Å²) in [4.78, 5) is 30.8. The number of aryl methyl sites for hydroxylation is 2. The van der Waals surface area contributed by atoms with E-state index in [1.807, 2.05) is 37.2 Å². The quantitative estimate of drug-likeness (QED) is 0.777. The highest BCUT2D eigenvalue weighted by Gasteiger charge is 2.22. The van der Waals surface area contributed by atoms with E-state index in [4.69, 9.17) is 0 Å². The molecule has 1 aliphatic rings. The van der Waals surface area contributed by atoms with E-state index in [9.17, 15) is 9.59 Å². The molecule has 0 spiro atoms. The number of rotatable bonds is 7. The molecule has 2 aromatic heterocycles. The number of hydrogen-bond donors (Lipinski definition) is 1. The molecule has 0 saturated carbocycles. The van der Waals surface area contributed by atoms with Crippen LogP contribution in [-0.4, -0.2) is 49.8 Å². The summed E-state index contributed by atoms with van der Waals surface area (Å²) in [5, 5.41) is 7.56. The summed E-state index contributed by atoms with van der Waals surface area (Å²) in [6, 6.07) is 3.97. The molecule has 27 heavy (non-hydrogen) atoms. The number of fused-ring (bicyclic) bond motifs is 1. The normalized spacial score (nSPS) is 16.8. The molecule has 1 amide bonds. The van der Waals surface area contributed by atoms with Gasteiger partial charge in [-0.25, -0.2) is 9.48 Å². The van der Waals surface area contributed by atoms with Gasteiger partial charge in [0.25, 0.3) is 0 Å². The molecule has 2 aromatic rings. The largest absolute Gasteiger partial charge is 0.352 e. The number of carbonyl (C=O) groups is 1. The Balaban J connectivity index is 1.50. The highest BCUT2D eigenvalue weighted by Crippen LogP contribution is 2.12. The average Bonchev–Trinajstić information content (AvgIpc) is 2.80. The van der Waals surface area contributed by atoms with Crippen molar-refractivity contribution in [3.63, 3.8) is 0 Å². The Kier molecular flexibility index (Phi) is 6.39. The van der Waals surface area contributed by atoms with Crippen LogP contribution in [0.4, 0.5) is 0 Å². The van der Waals surface area contributed by atoms with E-state index < -0.39 is 0 Å². The molecule has 0 fully saturated rings. The van der Waals surface area contributed by atoms with Gasteiger partial charge in [-0.15, -0.1) is 0 Å². The summed E-state index contributed by atoms with van der Waals surface area (Å²) < 4.78 is 3.32. The third-order valence-electron chi connectivity index (χ3n) is 4.81. The van der Waals surface area contributed by atoms with Gasteiger partial charge in [-0.05, 0) is 37.9 Å². The van der Waals surface area contributed by atoms with Crippen LogP contribution in [0.2, 0.25) is 0 Å². The second-order valence-corrected chi connectivity index (χ2v) is 7.20. The first-order chi connectivity index (χ1) is 13.1. The van der Waals surface area contributed by atoms with Crippen LogP contribution in [0.3, 0.4) is 0 Å². The Bertz CT molecular complexity index is 813.